The topological polar surface area (TPSA) is 71.7 Å². The van der Waals surface area contributed by atoms with Crippen LogP contribution in [0.15, 0.2) is 39.8 Å². The molecule has 0 aliphatic carbocycles. The molecule has 0 bridgehead atoms. The number of ether oxygens (including phenoxy) is 1. The lowest BCUT2D eigenvalue weighted by atomic mass is 10.1. The summed E-state index contributed by atoms with van der Waals surface area (Å²) in [7, 11) is 0. The number of nitrogens with zero attached hydrogens (tertiary/aromatic N) is 2. The zero-order valence-corrected chi connectivity index (χ0v) is 15.5. The molecular weight excluding hydrogens is 316 g/mol. The first-order valence-corrected chi connectivity index (χ1v) is 8.76. The third-order valence-electron chi connectivity index (χ3n) is 3.65. The van der Waals surface area contributed by atoms with Crippen LogP contribution in [0.1, 0.15) is 43.7 Å². The van der Waals surface area contributed by atoms with Crippen LogP contribution in [0.5, 0.6) is 5.75 Å². The molecule has 0 aliphatic heterocycles. The number of rotatable bonds is 8. The molecule has 0 saturated carbocycles. The minimum atomic E-state index is 0.353. The number of aromatic nitrogens is 1. The van der Waals surface area contributed by atoms with Crippen LogP contribution in [-0.2, 0) is 6.54 Å². The monoisotopic (exact) mass is 344 g/mol. The second kappa shape index (κ2) is 9.71. The van der Waals surface area contributed by atoms with E-state index in [0.29, 0.717) is 25.6 Å². The highest BCUT2D eigenvalue weighted by atomic mass is 16.5. The summed E-state index contributed by atoms with van der Waals surface area (Å²) >= 11 is 0. The fourth-order valence-electron chi connectivity index (χ4n) is 2.22. The molecule has 0 atom stereocenters. The molecule has 0 spiro atoms. The molecule has 6 nitrogen and oxygen atoms in total. The molecule has 0 amide bonds. The van der Waals surface area contributed by atoms with Crippen molar-refractivity contribution in [2.45, 2.75) is 40.2 Å². The Balaban J connectivity index is 1.81. The molecule has 0 radical (unpaired) electrons. The molecule has 0 unspecified atom stereocenters. The van der Waals surface area contributed by atoms with Gasteiger partial charge in [-0.2, -0.15) is 0 Å². The molecule has 1 aromatic carbocycles. The van der Waals surface area contributed by atoms with Crippen molar-refractivity contribution in [1.29, 1.82) is 0 Å². The zero-order chi connectivity index (χ0) is 18.1. The van der Waals surface area contributed by atoms with Crippen LogP contribution in [0.3, 0.4) is 0 Å². The Hall–Kier alpha value is -2.50. The van der Waals surface area contributed by atoms with Gasteiger partial charge in [0.05, 0.1) is 12.2 Å². The molecule has 25 heavy (non-hydrogen) atoms. The molecule has 1 aromatic heterocycles. The van der Waals surface area contributed by atoms with Crippen molar-refractivity contribution in [3.63, 3.8) is 0 Å². The third-order valence-corrected chi connectivity index (χ3v) is 3.65. The largest absolute Gasteiger partial charge is 0.491 e. The quantitative estimate of drug-likeness (QED) is 0.437. The number of guanidine groups is 1. The van der Waals surface area contributed by atoms with Crippen LogP contribution in [0.4, 0.5) is 0 Å². The number of nitrogens with one attached hydrogen (secondary N) is 2. The summed E-state index contributed by atoms with van der Waals surface area (Å²) in [5.74, 6) is 2.76. The maximum atomic E-state index is 5.78. The molecule has 2 rings (SSSR count). The lowest BCUT2D eigenvalue weighted by molar-refractivity contribution is 0.319. The number of hydrogen-bond donors (Lipinski definition) is 2. The van der Waals surface area contributed by atoms with E-state index in [1.807, 2.05) is 44.2 Å². The standard InChI is InChI=1S/C19H28N4O2/c1-5-20-19(22-13-16-12-17(14(2)3)23-25-16)21-10-11-24-18-9-7-6-8-15(18)4/h6-9,12,14H,5,10-11,13H2,1-4H3,(H2,20,21,22). The first kappa shape index (κ1) is 18.8. The molecule has 1 heterocycles. The Morgan fingerprint density at radius 1 is 1.28 bits per heavy atom. The van der Waals surface area contributed by atoms with E-state index in [1.165, 1.54) is 0 Å². The van der Waals surface area contributed by atoms with E-state index >= 15 is 0 Å². The minimum Gasteiger partial charge on any atom is -0.491 e. The number of aryl methyl sites for hydroxylation is 1. The second-order valence-corrected chi connectivity index (χ2v) is 6.11. The molecule has 0 fully saturated rings. The summed E-state index contributed by atoms with van der Waals surface area (Å²) in [5, 5.41) is 10.5. The number of para-hydroxylation sites is 1. The van der Waals surface area contributed by atoms with Gasteiger partial charge in [0.15, 0.2) is 11.7 Å². The lowest BCUT2D eigenvalue weighted by Crippen LogP contribution is -2.39. The van der Waals surface area contributed by atoms with E-state index in [-0.39, 0.29) is 0 Å². The van der Waals surface area contributed by atoms with Crippen molar-refractivity contribution in [3.05, 3.63) is 47.3 Å². The van der Waals surface area contributed by atoms with Gasteiger partial charge < -0.3 is 19.9 Å². The second-order valence-electron chi connectivity index (χ2n) is 6.11. The van der Waals surface area contributed by atoms with Crippen LogP contribution in [0.25, 0.3) is 0 Å². The van der Waals surface area contributed by atoms with Crippen molar-refractivity contribution < 1.29 is 9.26 Å². The minimum absolute atomic E-state index is 0.353. The number of benzene rings is 1. The van der Waals surface area contributed by atoms with Gasteiger partial charge >= 0.3 is 0 Å². The number of hydrogen-bond acceptors (Lipinski definition) is 4. The van der Waals surface area contributed by atoms with E-state index in [9.17, 15) is 0 Å². The van der Waals surface area contributed by atoms with Crippen LogP contribution < -0.4 is 15.4 Å². The van der Waals surface area contributed by atoms with Gasteiger partial charge in [0.1, 0.15) is 18.9 Å². The molecule has 2 N–H and O–H groups in total. The van der Waals surface area contributed by atoms with Gasteiger partial charge in [-0.15, -0.1) is 0 Å². The fraction of sp³-hybridized carbons (Fsp3) is 0.474. The first-order chi connectivity index (χ1) is 12.1. The van der Waals surface area contributed by atoms with Crippen LogP contribution in [0, 0.1) is 6.92 Å². The summed E-state index contributed by atoms with van der Waals surface area (Å²) in [6.07, 6.45) is 0. The van der Waals surface area contributed by atoms with Gasteiger partial charge in [0.2, 0.25) is 0 Å². The highest BCUT2D eigenvalue weighted by Crippen LogP contribution is 2.16. The fourth-order valence-corrected chi connectivity index (χ4v) is 2.22. The van der Waals surface area contributed by atoms with Gasteiger partial charge in [-0.1, -0.05) is 37.2 Å². The Morgan fingerprint density at radius 2 is 2.08 bits per heavy atom. The highest BCUT2D eigenvalue weighted by Gasteiger charge is 2.07. The van der Waals surface area contributed by atoms with E-state index in [2.05, 4.69) is 34.6 Å². The summed E-state index contributed by atoms with van der Waals surface area (Å²) in [4.78, 5) is 4.52. The smallest absolute Gasteiger partial charge is 0.191 e. The molecule has 136 valence electrons. The van der Waals surface area contributed by atoms with Crippen molar-refractivity contribution >= 4 is 5.96 Å². The van der Waals surface area contributed by atoms with E-state index in [0.717, 1.165) is 35.3 Å². The predicted molar refractivity (Wildman–Crippen MR) is 100 cm³/mol. The van der Waals surface area contributed by atoms with Gasteiger partial charge in [-0.3, -0.25) is 0 Å². The predicted octanol–water partition coefficient (Wildman–Crippen LogP) is 3.24. The Kier molecular flexibility index (Phi) is 7.32. The summed E-state index contributed by atoms with van der Waals surface area (Å²) < 4.78 is 11.1. The average Bonchev–Trinajstić information content (AvgIpc) is 3.07. The van der Waals surface area contributed by atoms with Gasteiger partial charge in [-0.25, -0.2) is 4.99 Å². The summed E-state index contributed by atoms with van der Waals surface area (Å²) in [5.41, 5.74) is 2.09. The maximum absolute atomic E-state index is 5.78. The molecule has 2 aromatic rings. The summed E-state index contributed by atoms with van der Waals surface area (Å²) in [6, 6.07) is 9.95. The average molecular weight is 344 g/mol. The van der Waals surface area contributed by atoms with E-state index < -0.39 is 0 Å². The Labute approximate surface area is 149 Å². The van der Waals surface area contributed by atoms with Crippen LogP contribution >= 0.6 is 0 Å². The van der Waals surface area contributed by atoms with Crippen LogP contribution in [-0.4, -0.2) is 30.8 Å². The zero-order valence-electron chi connectivity index (χ0n) is 15.5. The van der Waals surface area contributed by atoms with Gasteiger partial charge in [-0.05, 0) is 31.4 Å². The molecular formula is C19H28N4O2. The van der Waals surface area contributed by atoms with Crippen molar-refractivity contribution in [2.24, 2.45) is 4.99 Å². The van der Waals surface area contributed by atoms with Crippen molar-refractivity contribution in [2.75, 3.05) is 19.7 Å². The SMILES string of the molecule is CCNC(=NCc1cc(C(C)C)no1)NCCOc1ccccc1C. The van der Waals surface area contributed by atoms with E-state index in [4.69, 9.17) is 9.26 Å². The maximum Gasteiger partial charge on any atom is 0.191 e. The van der Waals surface area contributed by atoms with Gasteiger partial charge in [0, 0.05) is 12.6 Å². The third kappa shape index (κ3) is 6.14. The molecule has 0 aliphatic rings. The van der Waals surface area contributed by atoms with Crippen molar-refractivity contribution in [3.8, 4) is 5.75 Å². The Bertz CT molecular complexity index is 680. The number of aliphatic imine (C=N–C) groups is 1. The normalized spacial score (nSPS) is 11.6. The molecule has 6 heteroatoms. The summed E-state index contributed by atoms with van der Waals surface area (Å²) in [6.45, 7) is 10.7. The first-order valence-electron chi connectivity index (χ1n) is 8.76. The van der Waals surface area contributed by atoms with Gasteiger partial charge in [0.25, 0.3) is 0 Å². The highest BCUT2D eigenvalue weighted by molar-refractivity contribution is 5.79. The lowest BCUT2D eigenvalue weighted by Gasteiger charge is -2.12. The Morgan fingerprint density at radius 3 is 2.76 bits per heavy atom. The van der Waals surface area contributed by atoms with E-state index in [1.54, 1.807) is 0 Å². The molecule has 0 saturated heterocycles. The van der Waals surface area contributed by atoms with Crippen LogP contribution in [0.2, 0.25) is 0 Å². The van der Waals surface area contributed by atoms with Crippen molar-refractivity contribution in [1.82, 2.24) is 15.8 Å².